The minimum absolute atomic E-state index is 0.898. The van der Waals surface area contributed by atoms with Crippen molar-refractivity contribution in [3.8, 4) is 0 Å². The topological polar surface area (TPSA) is 0 Å². The third-order valence-corrected chi connectivity index (χ3v) is 3.68. The molecule has 0 unspecified atom stereocenters. The molecule has 44 valence electrons. The molecule has 0 aromatic rings. The van der Waals surface area contributed by atoms with Crippen molar-refractivity contribution >= 4 is 65.9 Å². The van der Waals surface area contributed by atoms with E-state index in [1.54, 1.807) is -2.15 Å². The van der Waals surface area contributed by atoms with Crippen molar-refractivity contribution in [2.75, 3.05) is 0 Å². The standard InChI is InChI=1S/C7H15.Cs/c1-3-5-7-6-4-2;/h1,3-7H2,2H3;. The summed E-state index contributed by atoms with van der Waals surface area (Å²) in [5.41, 5.74) is 0. The van der Waals surface area contributed by atoms with Gasteiger partial charge in [-0.3, -0.25) is 0 Å². The Hall–Kier alpha value is 2.05. The molecule has 0 heterocycles. The molecule has 0 aromatic carbocycles. The summed E-state index contributed by atoms with van der Waals surface area (Å²) >= 11 is 0.898. The molecular weight excluding hydrogens is 217 g/mol. The van der Waals surface area contributed by atoms with Crippen molar-refractivity contribution in [3.05, 3.63) is 0 Å². The molecule has 0 radical (unpaired) electrons. The van der Waals surface area contributed by atoms with E-state index in [1.165, 1.54) is 32.1 Å². The number of unbranched alkanes of at least 4 members (excludes halogenated alkanes) is 4. The van der Waals surface area contributed by atoms with Gasteiger partial charge in [0.2, 0.25) is 0 Å². The average Bonchev–Trinajstić information content (AvgIpc) is 1.81. The second-order valence-corrected chi connectivity index (χ2v) is 5.55. The van der Waals surface area contributed by atoms with Gasteiger partial charge in [0.15, 0.2) is 0 Å². The summed E-state index contributed by atoms with van der Waals surface area (Å²) in [6, 6.07) is 0. The van der Waals surface area contributed by atoms with Gasteiger partial charge in [0.25, 0.3) is 0 Å². The fourth-order valence-electron chi connectivity index (χ4n) is 0.854. The van der Waals surface area contributed by atoms with Crippen LogP contribution >= 0.6 is 0 Å². The van der Waals surface area contributed by atoms with Gasteiger partial charge in [-0.05, 0) is 0 Å². The van der Waals surface area contributed by atoms with Crippen LogP contribution in [0.25, 0.3) is 0 Å². The zero-order valence-corrected chi connectivity index (χ0v) is 12.5. The maximum absolute atomic E-state index is 2.27. The molecule has 0 N–H and O–H groups in total. The zero-order chi connectivity index (χ0) is 6.24. The van der Waals surface area contributed by atoms with E-state index in [9.17, 15) is 0 Å². The van der Waals surface area contributed by atoms with Crippen molar-refractivity contribution in [2.24, 2.45) is 0 Å². The van der Waals surface area contributed by atoms with Crippen LogP contribution in [-0.2, 0) is 0 Å². The van der Waals surface area contributed by atoms with E-state index >= 15 is 0 Å². The van der Waals surface area contributed by atoms with E-state index in [0.717, 1.165) is 65.9 Å². The van der Waals surface area contributed by atoms with Crippen LogP contribution in [0.4, 0.5) is 0 Å². The zero-order valence-electron chi connectivity index (χ0n) is 6.24. The third-order valence-electron chi connectivity index (χ3n) is 1.46. The van der Waals surface area contributed by atoms with E-state index < -0.39 is 0 Å². The normalized spacial score (nSPS) is 9.88. The Bertz CT molecular complexity index is 29.4. The van der Waals surface area contributed by atoms with Crippen molar-refractivity contribution in [2.45, 2.75) is 36.9 Å². The fourth-order valence-corrected chi connectivity index (χ4v) is 2.42. The molecule has 8 heavy (non-hydrogen) atoms. The quantitative estimate of drug-likeness (QED) is 0.639. The molecule has 0 aliphatic rings. The molecule has 0 saturated carbocycles. The molecule has 0 nitrogen and oxygen atoms in total. The molecule has 0 atom stereocenters. The van der Waals surface area contributed by atoms with Crippen LogP contribution in [0.15, 0.2) is 0 Å². The van der Waals surface area contributed by atoms with Crippen LogP contribution in [0.2, 0.25) is -2.15 Å². The van der Waals surface area contributed by atoms with E-state index in [0.29, 0.717) is 0 Å². The molecule has 0 rings (SSSR count). The molecule has 1 heteroatoms. The average molecular weight is 232 g/mol. The molecule has 0 aliphatic carbocycles. The second kappa shape index (κ2) is 9.05. The van der Waals surface area contributed by atoms with Crippen LogP contribution in [0.3, 0.4) is 0 Å². The maximum atomic E-state index is 2.27. The number of hydrogen-bond donors (Lipinski definition) is 0. The van der Waals surface area contributed by atoms with Crippen molar-refractivity contribution in [3.63, 3.8) is 0 Å². The summed E-state index contributed by atoms with van der Waals surface area (Å²) in [6.07, 6.45) is 7.36. The van der Waals surface area contributed by atoms with E-state index in [2.05, 4.69) is 6.92 Å². The summed E-state index contributed by atoms with van der Waals surface area (Å²) in [7, 11) is 0. The van der Waals surface area contributed by atoms with Gasteiger partial charge in [-0.1, -0.05) is 0 Å². The summed E-state index contributed by atoms with van der Waals surface area (Å²) < 4.78 is 1.59. The molecule has 0 bridgehead atoms. The van der Waals surface area contributed by atoms with Gasteiger partial charge in [-0.15, -0.1) is 0 Å². The first kappa shape index (κ1) is 10.1. The van der Waals surface area contributed by atoms with Gasteiger partial charge in [-0.2, -0.15) is 0 Å². The van der Waals surface area contributed by atoms with Crippen molar-refractivity contribution in [1.29, 1.82) is 0 Å². The van der Waals surface area contributed by atoms with Crippen LogP contribution in [0.1, 0.15) is 39.0 Å². The predicted molar refractivity (Wildman–Crippen MR) is 39.3 cm³/mol. The van der Waals surface area contributed by atoms with E-state index in [-0.39, 0.29) is 0 Å². The molecule has 0 amide bonds. The van der Waals surface area contributed by atoms with Gasteiger partial charge in [0, 0.05) is 0 Å². The third kappa shape index (κ3) is 8.05. The van der Waals surface area contributed by atoms with Gasteiger partial charge in [-0.25, -0.2) is 0 Å². The van der Waals surface area contributed by atoms with Crippen molar-refractivity contribution in [1.82, 2.24) is 0 Å². The Morgan fingerprint density at radius 1 is 1.00 bits per heavy atom. The first-order valence-corrected chi connectivity index (χ1v) is 8.35. The summed E-state index contributed by atoms with van der Waals surface area (Å²) in [4.78, 5) is 0. The van der Waals surface area contributed by atoms with E-state index in [4.69, 9.17) is 0 Å². The van der Waals surface area contributed by atoms with Crippen molar-refractivity contribution < 1.29 is 0 Å². The first-order chi connectivity index (χ1) is 3.91. The second-order valence-electron chi connectivity index (χ2n) is 2.41. The summed E-state index contributed by atoms with van der Waals surface area (Å²) in [6.45, 7) is 2.27. The first-order valence-electron chi connectivity index (χ1n) is 3.91. The molecule has 0 aliphatic heterocycles. The van der Waals surface area contributed by atoms with Crippen LogP contribution in [0.5, 0.6) is 0 Å². The molecular formula is C7H15Cs. The molecule has 0 aromatic heterocycles. The summed E-state index contributed by atoms with van der Waals surface area (Å²) in [5, 5.41) is 0. The van der Waals surface area contributed by atoms with Gasteiger partial charge < -0.3 is 0 Å². The Labute approximate surface area is 100 Å². The van der Waals surface area contributed by atoms with E-state index in [1.807, 2.05) is 0 Å². The molecule has 0 saturated heterocycles. The Kier molecular flexibility index (Phi) is 11.4. The fraction of sp³-hybridized carbons (Fsp3) is 1.00. The Morgan fingerprint density at radius 2 is 1.62 bits per heavy atom. The SMILES string of the molecule is CCCCCC[CH2][Cs]. The monoisotopic (exact) mass is 232 g/mol. The van der Waals surface area contributed by atoms with Crippen LogP contribution in [0, 0.1) is 0 Å². The van der Waals surface area contributed by atoms with Gasteiger partial charge in [0.05, 0.1) is 0 Å². The number of hydrogen-bond acceptors (Lipinski definition) is 0. The Morgan fingerprint density at radius 3 is 2.12 bits per heavy atom. The van der Waals surface area contributed by atoms with Gasteiger partial charge in [0.1, 0.15) is 0 Å². The summed E-state index contributed by atoms with van der Waals surface area (Å²) in [5.74, 6) is 0. The van der Waals surface area contributed by atoms with Gasteiger partial charge >= 0.3 is 103 Å². The van der Waals surface area contributed by atoms with Crippen LogP contribution < -0.4 is 0 Å². The molecule has 0 spiro atoms. The predicted octanol–water partition coefficient (Wildman–Crippen LogP) is 2.54. The molecule has 0 fully saturated rings. The minimum atomic E-state index is 0.898. The van der Waals surface area contributed by atoms with Crippen LogP contribution in [-0.4, -0.2) is 65.9 Å². The number of rotatable bonds is 5. The Balaban J connectivity index is 2.53.